The van der Waals surface area contributed by atoms with E-state index in [2.05, 4.69) is 10.00 Å². The van der Waals surface area contributed by atoms with Gasteiger partial charge in [0.2, 0.25) is 0 Å². The molecule has 2 aromatic rings. The van der Waals surface area contributed by atoms with E-state index in [-0.39, 0.29) is 17.9 Å². The van der Waals surface area contributed by atoms with Crippen LogP contribution in [-0.4, -0.2) is 58.8 Å². The SMILES string of the molecule is CC(=O)c1ccn(C(=O)N2CCC(Oc3cccc(Cl)c3N3CCCC3)CC2)n1. The van der Waals surface area contributed by atoms with Gasteiger partial charge in [-0.25, -0.2) is 4.79 Å². The van der Waals surface area contributed by atoms with Gasteiger partial charge in [-0.2, -0.15) is 9.78 Å². The van der Waals surface area contributed by atoms with Crippen molar-refractivity contribution in [3.63, 3.8) is 0 Å². The van der Waals surface area contributed by atoms with Crippen LogP contribution < -0.4 is 9.64 Å². The summed E-state index contributed by atoms with van der Waals surface area (Å²) in [5.74, 6) is 0.668. The molecule has 2 saturated heterocycles. The third-order valence-electron chi connectivity index (χ3n) is 5.52. The molecule has 0 atom stereocenters. The maximum atomic E-state index is 12.6. The highest BCUT2D eigenvalue weighted by Crippen LogP contribution is 2.38. The van der Waals surface area contributed by atoms with Gasteiger partial charge in [0.15, 0.2) is 5.78 Å². The Hall–Kier alpha value is -2.54. The monoisotopic (exact) mass is 416 g/mol. The van der Waals surface area contributed by atoms with Crippen LogP contribution in [0.2, 0.25) is 5.02 Å². The quantitative estimate of drug-likeness (QED) is 0.708. The number of piperidine rings is 1. The van der Waals surface area contributed by atoms with E-state index in [1.54, 1.807) is 11.0 Å². The lowest BCUT2D eigenvalue weighted by Crippen LogP contribution is -2.43. The van der Waals surface area contributed by atoms with E-state index in [0.29, 0.717) is 18.8 Å². The first kappa shape index (κ1) is 19.8. The van der Waals surface area contributed by atoms with Crippen molar-refractivity contribution in [1.29, 1.82) is 0 Å². The average molecular weight is 417 g/mol. The van der Waals surface area contributed by atoms with Crippen molar-refractivity contribution >= 4 is 29.1 Å². The van der Waals surface area contributed by atoms with E-state index >= 15 is 0 Å². The first-order chi connectivity index (χ1) is 14.0. The molecular weight excluding hydrogens is 392 g/mol. The van der Waals surface area contributed by atoms with Crippen molar-refractivity contribution in [2.75, 3.05) is 31.1 Å². The van der Waals surface area contributed by atoms with Crippen molar-refractivity contribution in [2.45, 2.75) is 38.7 Å². The number of nitrogens with zero attached hydrogens (tertiary/aromatic N) is 4. The summed E-state index contributed by atoms with van der Waals surface area (Å²) in [5, 5.41) is 4.78. The normalized spacial score (nSPS) is 17.6. The van der Waals surface area contributed by atoms with Crippen molar-refractivity contribution < 1.29 is 14.3 Å². The number of ketones is 1. The molecule has 0 radical (unpaired) electrons. The largest absolute Gasteiger partial charge is 0.488 e. The third kappa shape index (κ3) is 4.24. The molecule has 0 N–H and O–H groups in total. The van der Waals surface area contributed by atoms with E-state index in [9.17, 15) is 9.59 Å². The molecule has 1 aromatic heterocycles. The molecule has 1 amide bonds. The number of aromatic nitrogens is 2. The molecule has 2 fully saturated rings. The smallest absolute Gasteiger partial charge is 0.344 e. The molecule has 0 saturated carbocycles. The first-order valence-corrected chi connectivity index (χ1v) is 10.5. The lowest BCUT2D eigenvalue weighted by molar-refractivity contribution is 0.101. The number of likely N-dealkylation sites (tertiary alicyclic amines) is 1. The highest BCUT2D eigenvalue weighted by atomic mass is 35.5. The minimum atomic E-state index is -0.212. The van der Waals surface area contributed by atoms with Crippen molar-refractivity contribution in [1.82, 2.24) is 14.7 Å². The Kier molecular flexibility index (Phi) is 5.76. The Labute approximate surface area is 175 Å². The van der Waals surface area contributed by atoms with Gasteiger partial charge in [-0.1, -0.05) is 17.7 Å². The molecular formula is C21H25ClN4O3. The number of para-hydroxylation sites is 1. The molecule has 3 heterocycles. The van der Waals surface area contributed by atoms with Crippen LogP contribution in [0.25, 0.3) is 0 Å². The molecule has 2 aliphatic rings. The zero-order valence-electron chi connectivity index (χ0n) is 16.5. The van der Waals surface area contributed by atoms with Gasteiger partial charge in [-0.3, -0.25) is 4.79 Å². The Bertz CT molecular complexity index is 899. The van der Waals surface area contributed by atoms with Gasteiger partial charge in [-0.15, -0.1) is 0 Å². The van der Waals surface area contributed by atoms with E-state index in [0.717, 1.165) is 42.4 Å². The number of anilines is 1. The summed E-state index contributed by atoms with van der Waals surface area (Å²) in [6.07, 6.45) is 5.38. The number of benzene rings is 1. The molecule has 154 valence electrons. The number of rotatable bonds is 4. The topological polar surface area (TPSA) is 67.7 Å². The minimum absolute atomic E-state index is 0.0317. The maximum Gasteiger partial charge on any atom is 0.344 e. The van der Waals surface area contributed by atoms with Gasteiger partial charge in [0.25, 0.3) is 0 Å². The Balaban J connectivity index is 1.38. The number of ether oxygens (including phenoxy) is 1. The minimum Gasteiger partial charge on any atom is -0.488 e. The second-order valence-corrected chi connectivity index (χ2v) is 7.98. The van der Waals surface area contributed by atoms with Gasteiger partial charge < -0.3 is 14.5 Å². The zero-order chi connectivity index (χ0) is 20.4. The van der Waals surface area contributed by atoms with E-state index < -0.39 is 0 Å². The molecule has 0 aliphatic carbocycles. The van der Waals surface area contributed by atoms with Crippen LogP contribution in [0.3, 0.4) is 0 Å². The van der Waals surface area contributed by atoms with Gasteiger partial charge >= 0.3 is 6.03 Å². The summed E-state index contributed by atoms with van der Waals surface area (Å²) in [5.41, 5.74) is 1.28. The van der Waals surface area contributed by atoms with Crippen molar-refractivity contribution in [2.24, 2.45) is 0 Å². The predicted molar refractivity (Wildman–Crippen MR) is 111 cm³/mol. The number of amides is 1. The second kappa shape index (κ2) is 8.45. The molecule has 7 nitrogen and oxygen atoms in total. The summed E-state index contributed by atoms with van der Waals surface area (Å²) < 4.78 is 7.55. The predicted octanol–water partition coefficient (Wildman–Crippen LogP) is 3.85. The molecule has 0 spiro atoms. The number of Topliss-reactive ketones (excluding diaryl/α,β-unsaturated/α-hetero) is 1. The highest BCUT2D eigenvalue weighted by molar-refractivity contribution is 6.33. The summed E-state index contributed by atoms with van der Waals surface area (Å²) in [4.78, 5) is 28.1. The summed E-state index contributed by atoms with van der Waals surface area (Å²) in [7, 11) is 0. The second-order valence-electron chi connectivity index (χ2n) is 7.57. The number of halogens is 1. The van der Waals surface area contributed by atoms with Crippen molar-refractivity contribution in [3.8, 4) is 5.75 Å². The summed E-state index contributed by atoms with van der Waals surface area (Å²) in [6.45, 7) is 4.60. The maximum absolute atomic E-state index is 12.6. The molecule has 29 heavy (non-hydrogen) atoms. The van der Waals surface area contributed by atoms with Crippen LogP contribution in [-0.2, 0) is 0 Å². The first-order valence-electron chi connectivity index (χ1n) is 10.1. The Morgan fingerprint density at radius 3 is 2.48 bits per heavy atom. The number of hydrogen-bond donors (Lipinski definition) is 0. The molecule has 8 heteroatoms. The number of carbonyl (C=O) groups is 2. The lowest BCUT2D eigenvalue weighted by Gasteiger charge is -2.33. The average Bonchev–Trinajstić information content (AvgIpc) is 3.40. The standard InChI is InChI=1S/C21H25ClN4O3/c1-15(27)18-9-14-26(23-18)21(28)25-12-7-16(8-13-25)29-19-6-4-5-17(22)20(19)24-10-2-3-11-24/h4-6,9,14,16H,2-3,7-8,10-13H2,1H3. The van der Waals surface area contributed by atoms with Crippen LogP contribution in [0.15, 0.2) is 30.5 Å². The fraction of sp³-hybridized carbons (Fsp3) is 0.476. The van der Waals surface area contributed by atoms with Crippen LogP contribution >= 0.6 is 11.6 Å². The molecule has 1 aromatic carbocycles. The Morgan fingerprint density at radius 1 is 1.10 bits per heavy atom. The van der Waals surface area contributed by atoms with E-state index in [1.165, 1.54) is 30.6 Å². The van der Waals surface area contributed by atoms with Crippen molar-refractivity contribution in [3.05, 3.63) is 41.2 Å². The van der Waals surface area contributed by atoms with Gasteiger partial charge in [0.1, 0.15) is 17.5 Å². The molecule has 4 rings (SSSR count). The fourth-order valence-electron chi connectivity index (χ4n) is 3.95. The lowest BCUT2D eigenvalue weighted by atomic mass is 10.1. The van der Waals surface area contributed by atoms with E-state index in [1.807, 2.05) is 18.2 Å². The van der Waals surface area contributed by atoms with E-state index in [4.69, 9.17) is 16.3 Å². The number of carbonyl (C=O) groups excluding carboxylic acids is 2. The van der Waals surface area contributed by atoms with Crippen LogP contribution in [0.5, 0.6) is 5.75 Å². The Morgan fingerprint density at radius 2 is 1.83 bits per heavy atom. The summed E-state index contributed by atoms with van der Waals surface area (Å²) in [6, 6.07) is 7.15. The zero-order valence-corrected chi connectivity index (χ0v) is 17.3. The molecule has 0 bridgehead atoms. The third-order valence-corrected chi connectivity index (χ3v) is 5.83. The van der Waals surface area contributed by atoms with Crippen LogP contribution in [0.1, 0.15) is 43.1 Å². The highest BCUT2D eigenvalue weighted by Gasteiger charge is 2.27. The van der Waals surface area contributed by atoms with Crippen LogP contribution in [0, 0.1) is 0 Å². The van der Waals surface area contributed by atoms with Gasteiger partial charge in [0.05, 0.1) is 10.7 Å². The van der Waals surface area contributed by atoms with Gasteiger partial charge in [-0.05, 0) is 31.0 Å². The number of hydrogen-bond acceptors (Lipinski definition) is 5. The van der Waals surface area contributed by atoms with Crippen LogP contribution in [0.4, 0.5) is 10.5 Å². The molecule has 0 unspecified atom stereocenters. The summed E-state index contributed by atoms with van der Waals surface area (Å²) >= 11 is 6.48. The fourth-order valence-corrected chi connectivity index (χ4v) is 4.23. The molecule has 2 aliphatic heterocycles. The van der Waals surface area contributed by atoms with Gasteiger partial charge in [0, 0.05) is 52.1 Å².